The summed E-state index contributed by atoms with van der Waals surface area (Å²) in [5, 5.41) is 12.5. The van der Waals surface area contributed by atoms with Gasteiger partial charge in [-0.25, -0.2) is 0 Å². The van der Waals surface area contributed by atoms with Crippen molar-refractivity contribution in [2.24, 2.45) is 5.73 Å². The van der Waals surface area contributed by atoms with Crippen molar-refractivity contribution < 1.29 is 4.74 Å². The van der Waals surface area contributed by atoms with Crippen molar-refractivity contribution in [2.45, 2.75) is 39.8 Å². The Morgan fingerprint density at radius 2 is 2.10 bits per heavy atom. The highest BCUT2D eigenvalue weighted by Gasteiger charge is 2.22. The van der Waals surface area contributed by atoms with E-state index in [9.17, 15) is 0 Å². The van der Waals surface area contributed by atoms with E-state index in [4.69, 9.17) is 10.5 Å². The van der Waals surface area contributed by atoms with Crippen molar-refractivity contribution >= 4 is 0 Å². The van der Waals surface area contributed by atoms with Gasteiger partial charge in [-0.3, -0.25) is 4.68 Å². The zero-order chi connectivity index (χ0) is 14.7. The van der Waals surface area contributed by atoms with E-state index < -0.39 is 0 Å². The zero-order valence-electron chi connectivity index (χ0n) is 12.4. The number of aromatic nitrogens is 4. The van der Waals surface area contributed by atoms with Crippen molar-refractivity contribution in [3.8, 4) is 5.75 Å². The molecule has 1 unspecified atom stereocenters. The van der Waals surface area contributed by atoms with E-state index >= 15 is 0 Å². The first-order chi connectivity index (χ1) is 9.58. The minimum absolute atomic E-state index is 0.326. The molecule has 0 saturated heterocycles. The topological polar surface area (TPSA) is 78.9 Å². The van der Waals surface area contributed by atoms with Crippen molar-refractivity contribution in [1.82, 2.24) is 20.0 Å². The number of aryl methyl sites for hydroxylation is 3. The number of methoxy groups -OCH3 is 1. The average molecular weight is 275 g/mol. The molecule has 108 valence electrons. The van der Waals surface area contributed by atoms with Gasteiger partial charge in [-0.2, -0.15) is 15.3 Å². The van der Waals surface area contributed by atoms with Crippen LogP contribution in [0.2, 0.25) is 0 Å². The van der Waals surface area contributed by atoms with Crippen LogP contribution in [0.4, 0.5) is 0 Å². The lowest BCUT2D eigenvalue weighted by Gasteiger charge is -2.17. The fourth-order valence-corrected chi connectivity index (χ4v) is 2.27. The molecule has 2 aromatic heterocycles. The molecule has 0 radical (unpaired) electrons. The van der Waals surface area contributed by atoms with Gasteiger partial charge in [0.2, 0.25) is 0 Å². The van der Waals surface area contributed by atoms with E-state index in [1.165, 1.54) is 0 Å². The summed E-state index contributed by atoms with van der Waals surface area (Å²) in [5.74, 6) is 0.708. The molecule has 0 spiro atoms. The number of ether oxygens (including phenoxy) is 1. The molecule has 0 aliphatic rings. The van der Waals surface area contributed by atoms with Crippen LogP contribution in [-0.2, 0) is 6.54 Å². The maximum atomic E-state index is 6.43. The van der Waals surface area contributed by atoms with Crippen molar-refractivity contribution in [1.29, 1.82) is 0 Å². The Balaban J connectivity index is 2.48. The molecule has 2 heterocycles. The largest absolute Gasteiger partial charge is 0.493 e. The quantitative estimate of drug-likeness (QED) is 0.899. The number of rotatable bonds is 5. The molecule has 0 bridgehead atoms. The van der Waals surface area contributed by atoms with Gasteiger partial charge in [0.25, 0.3) is 0 Å². The number of hydrogen-bond acceptors (Lipinski definition) is 5. The van der Waals surface area contributed by atoms with Gasteiger partial charge < -0.3 is 10.5 Å². The van der Waals surface area contributed by atoms with Crippen LogP contribution < -0.4 is 10.5 Å². The van der Waals surface area contributed by atoms with E-state index in [0.29, 0.717) is 5.75 Å². The van der Waals surface area contributed by atoms with Crippen molar-refractivity contribution in [3.63, 3.8) is 0 Å². The highest BCUT2D eigenvalue weighted by atomic mass is 16.5. The van der Waals surface area contributed by atoms with E-state index in [2.05, 4.69) is 22.2 Å². The van der Waals surface area contributed by atoms with Gasteiger partial charge >= 0.3 is 0 Å². The van der Waals surface area contributed by atoms with Crippen LogP contribution in [0.1, 0.15) is 42.0 Å². The lowest BCUT2D eigenvalue weighted by molar-refractivity contribution is 0.403. The zero-order valence-corrected chi connectivity index (χ0v) is 12.4. The molecular formula is C14H21N5O. The van der Waals surface area contributed by atoms with Gasteiger partial charge in [-0.1, -0.05) is 6.92 Å². The third-order valence-electron chi connectivity index (χ3n) is 3.27. The summed E-state index contributed by atoms with van der Waals surface area (Å²) in [5.41, 5.74) is 9.94. The Morgan fingerprint density at radius 3 is 2.75 bits per heavy atom. The summed E-state index contributed by atoms with van der Waals surface area (Å²) in [6.45, 7) is 6.73. The smallest absolute Gasteiger partial charge is 0.161 e. The molecule has 1 atom stereocenters. The van der Waals surface area contributed by atoms with E-state index in [0.717, 1.165) is 35.6 Å². The second-order valence-corrected chi connectivity index (χ2v) is 4.83. The Morgan fingerprint density at radius 1 is 1.35 bits per heavy atom. The molecule has 0 fully saturated rings. The normalized spacial score (nSPS) is 12.4. The first kappa shape index (κ1) is 14.5. The minimum atomic E-state index is -0.326. The fraction of sp³-hybridized carbons (Fsp3) is 0.500. The second-order valence-electron chi connectivity index (χ2n) is 4.83. The van der Waals surface area contributed by atoms with E-state index in [-0.39, 0.29) is 6.04 Å². The Hall–Kier alpha value is -1.95. The van der Waals surface area contributed by atoms with Gasteiger partial charge in [0.1, 0.15) is 5.69 Å². The van der Waals surface area contributed by atoms with Crippen LogP contribution in [0, 0.1) is 13.8 Å². The summed E-state index contributed by atoms with van der Waals surface area (Å²) in [7, 11) is 1.63. The highest BCUT2D eigenvalue weighted by molar-refractivity contribution is 5.37. The van der Waals surface area contributed by atoms with Crippen LogP contribution in [0.3, 0.4) is 0 Å². The number of hydrogen-bond donors (Lipinski definition) is 1. The summed E-state index contributed by atoms with van der Waals surface area (Å²) < 4.78 is 7.29. The molecule has 20 heavy (non-hydrogen) atoms. The summed E-state index contributed by atoms with van der Waals surface area (Å²) in [6.07, 6.45) is 2.69. The molecule has 0 aliphatic carbocycles. The van der Waals surface area contributed by atoms with Crippen LogP contribution in [0.15, 0.2) is 12.3 Å². The molecule has 2 aromatic rings. The minimum Gasteiger partial charge on any atom is -0.493 e. The third-order valence-corrected chi connectivity index (χ3v) is 3.27. The van der Waals surface area contributed by atoms with Gasteiger partial charge in [-0.15, -0.1) is 0 Å². The predicted molar refractivity (Wildman–Crippen MR) is 76.6 cm³/mol. The van der Waals surface area contributed by atoms with Crippen LogP contribution in [0.5, 0.6) is 5.75 Å². The molecule has 0 amide bonds. The second kappa shape index (κ2) is 6.00. The maximum Gasteiger partial charge on any atom is 0.161 e. The SMILES string of the molecule is CCCn1ncc(OC)c1C(N)c1cc(C)nnc1C. The summed E-state index contributed by atoms with van der Waals surface area (Å²) in [6, 6.07) is 1.64. The Kier molecular flexibility index (Phi) is 4.34. The van der Waals surface area contributed by atoms with Gasteiger partial charge in [0.15, 0.2) is 5.75 Å². The molecule has 6 heteroatoms. The van der Waals surface area contributed by atoms with Crippen molar-refractivity contribution in [2.75, 3.05) is 7.11 Å². The van der Waals surface area contributed by atoms with Gasteiger partial charge in [0, 0.05) is 6.54 Å². The standard InChI is InChI=1S/C14H21N5O/c1-5-6-19-14(12(20-4)8-16-19)13(15)11-7-9(2)17-18-10(11)3/h7-8,13H,5-6,15H2,1-4H3. The van der Waals surface area contributed by atoms with Crippen molar-refractivity contribution in [3.05, 3.63) is 34.9 Å². The molecule has 0 aliphatic heterocycles. The molecule has 0 saturated carbocycles. The van der Waals surface area contributed by atoms with Crippen LogP contribution >= 0.6 is 0 Å². The lowest BCUT2D eigenvalue weighted by atomic mass is 10.0. The van der Waals surface area contributed by atoms with Crippen LogP contribution in [-0.4, -0.2) is 27.1 Å². The highest BCUT2D eigenvalue weighted by Crippen LogP contribution is 2.29. The van der Waals surface area contributed by atoms with Crippen LogP contribution in [0.25, 0.3) is 0 Å². The maximum absolute atomic E-state index is 6.43. The van der Waals surface area contributed by atoms with E-state index in [1.54, 1.807) is 13.3 Å². The molecule has 0 aromatic carbocycles. The summed E-state index contributed by atoms with van der Waals surface area (Å²) in [4.78, 5) is 0. The van der Waals surface area contributed by atoms with Gasteiger partial charge in [-0.05, 0) is 31.9 Å². The van der Waals surface area contributed by atoms with E-state index in [1.807, 2.05) is 24.6 Å². The summed E-state index contributed by atoms with van der Waals surface area (Å²) >= 11 is 0. The Bertz CT molecular complexity index is 593. The average Bonchev–Trinajstić information content (AvgIpc) is 2.84. The predicted octanol–water partition coefficient (Wildman–Crippen LogP) is 1.76. The lowest BCUT2D eigenvalue weighted by Crippen LogP contribution is -2.20. The molecule has 2 N–H and O–H groups in total. The Labute approximate surface area is 119 Å². The monoisotopic (exact) mass is 275 g/mol. The van der Waals surface area contributed by atoms with Gasteiger partial charge in [0.05, 0.1) is 30.7 Å². The molecule has 2 rings (SSSR count). The first-order valence-corrected chi connectivity index (χ1v) is 6.74. The fourth-order valence-electron chi connectivity index (χ4n) is 2.27. The first-order valence-electron chi connectivity index (χ1n) is 6.74. The number of nitrogens with zero attached hydrogens (tertiary/aromatic N) is 4. The molecule has 6 nitrogen and oxygen atoms in total. The molecular weight excluding hydrogens is 254 g/mol. The number of nitrogens with two attached hydrogens (primary N) is 1. The third kappa shape index (κ3) is 2.65.